The number of hydrogen-bond donors (Lipinski definition) is 4. The summed E-state index contributed by atoms with van der Waals surface area (Å²) in [5, 5.41) is 20.2. The monoisotopic (exact) mass is 294 g/mol. The van der Waals surface area contributed by atoms with Gasteiger partial charge in [-0.1, -0.05) is 12.1 Å². The number of carboxylic acids is 2. The van der Waals surface area contributed by atoms with Gasteiger partial charge >= 0.3 is 11.9 Å². The quantitative estimate of drug-likeness (QED) is 0.613. The van der Waals surface area contributed by atoms with Crippen LogP contribution in [0.25, 0.3) is 0 Å². The van der Waals surface area contributed by atoms with Crippen molar-refractivity contribution in [2.45, 2.75) is 31.7 Å². The molecule has 1 rings (SSSR count). The van der Waals surface area contributed by atoms with E-state index in [9.17, 15) is 14.4 Å². The molecular weight excluding hydrogens is 276 g/mol. The van der Waals surface area contributed by atoms with Crippen molar-refractivity contribution in [3.8, 4) is 0 Å². The molecule has 7 heteroatoms. The number of hydrogen-bond acceptors (Lipinski definition) is 4. The van der Waals surface area contributed by atoms with Crippen molar-refractivity contribution >= 4 is 23.5 Å². The largest absolute Gasteiger partial charge is 0.481 e. The Morgan fingerprint density at radius 3 is 2.14 bits per heavy atom. The fraction of sp³-hybridized carbons (Fsp3) is 0.357. The summed E-state index contributed by atoms with van der Waals surface area (Å²) in [4.78, 5) is 33.2. The van der Waals surface area contributed by atoms with Gasteiger partial charge in [0.25, 0.3) is 0 Å². The Balaban J connectivity index is 2.78. The van der Waals surface area contributed by atoms with E-state index in [2.05, 4.69) is 5.32 Å². The molecule has 5 N–H and O–H groups in total. The van der Waals surface area contributed by atoms with Gasteiger partial charge in [-0.3, -0.25) is 14.4 Å². The zero-order chi connectivity index (χ0) is 16.2. The Morgan fingerprint density at radius 1 is 1.19 bits per heavy atom. The number of rotatable bonds is 6. The maximum Gasteiger partial charge on any atom is 0.313 e. The van der Waals surface area contributed by atoms with Gasteiger partial charge in [-0.2, -0.15) is 0 Å². The van der Waals surface area contributed by atoms with Crippen LogP contribution in [0.15, 0.2) is 24.3 Å². The molecule has 7 nitrogen and oxygen atoms in total. The molecule has 114 valence electrons. The first-order valence-electron chi connectivity index (χ1n) is 6.26. The van der Waals surface area contributed by atoms with Crippen LogP contribution >= 0.6 is 0 Å². The second-order valence-electron chi connectivity index (χ2n) is 5.20. The Bertz CT molecular complexity index is 551. The van der Waals surface area contributed by atoms with E-state index in [1.54, 1.807) is 38.1 Å². The van der Waals surface area contributed by atoms with Gasteiger partial charge in [0.15, 0.2) is 0 Å². The summed E-state index contributed by atoms with van der Waals surface area (Å²) < 4.78 is 0. The summed E-state index contributed by atoms with van der Waals surface area (Å²) in [5.41, 5.74) is 5.40. The highest BCUT2D eigenvalue weighted by Crippen LogP contribution is 2.24. The van der Waals surface area contributed by atoms with Crippen molar-refractivity contribution in [2.24, 2.45) is 5.73 Å². The number of carboxylic acid groups (broad SMARTS) is 2. The average Bonchev–Trinajstić information content (AvgIpc) is 2.38. The number of benzene rings is 1. The number of nitrogens with one attached hydrogen (secondary N) is 1. The SMILES string of the molecule is CC(C)(C(=O)O)c1ccc(NC(=O)C(N)CC(=O)O)cc1. The predicted molar refractivity (Wildman–Crippen MR) is 76.0 cm³/mol. The highest BCUT2D eigenvalue weighted by atomic mass is 16.4. The average molecular weight is 294 g/mol. The molecule has 21 heavy (non-hydrogen) atoms. The lowest BCUT2D eigenvalue weighted by atomic mass is 9.85. The lowest BCUT2D eigenvalue weighted by molar-refractivity contribution is -0.142. The molecular formula is C14H18N2O5. The van der Waals surface area contributed by atoms with E-state index in [1.165, 1.54) is 0 Å². The van der Waals surface area contributed by atoms with Gasteiger partial charge in [0.05, 0.1) is 17.9 Å². The van der Waals surface area contributed by atoms with Gasteiger partial charge in [-0.05, 0) is 31.5 Å². The van der Waals surface area contributed by atoms with Crippen molar-refractivity contribution in [1.82, 2.24) is 0 Å². The van der Waals surface area contributed by atoms with E-state index in [0.717, 1.165) is 0 Å². The second-order valence-corrected chi connectivity index (χ2v) is 5.20. The van der Waals surface area contributed by atoms with Crippen LogP contribution in [-0.2, 0) is 19.8 Å². The number of nitrogens with two attached hydrogens (primary N) is 1. The van der Waals surface area contributed by atoms with E-state index < -0.39 is 35.7 Å². The van der Waals surface area contributed by atoms with E-state index in [-0.39, 0.29) is 0 Å². The number of carbonyl (C=O) groups is 3. The first-order valence-corrected chi connectivity index (χ1v) is 6.26. The maximum atomic E-state index is 11.6. The standard InChI is InChI=1S/C14H18N2O5/c1-14(2,13(20)21)8-3-5-9(6-4-8)16-12(19)10(15)7-11(17)18/h3-6,10H,7,15H2,1-2H3,(H,16,19)(H,17,18)(H,20,21). The molecule has 1 amide bonds. The fourth-order valence-electron chi connectivity index (χ4n) is 1.61. The van der Waals surface area contributed by atoms with Crippen LogP contribution in [0.3, 0.4) is 0 Å². The number of carbonyl (C=O) groups excluding carboxylic acids is 1. The van der Waals surface area contributed by atoms with Crippen LogP contribution in [0.1, 0.15) is 25.8 Å². The zero-order valence-electron chi connectivity index (χ0n) is 11.8. The van der Waals surface area contributed by atoms with Crippen molar-refractivity contribution in [3.05, 3.63) is 29.8 Å². The number of anilines is 1. The topological polar surface area (TPSA) is 130 Å². The lowest BCUT2D eigenvalue weighted by Gasteiger charge is -2.20. The molecule has 0 aliphatic heterocycles. The van der Waals surface area contributed by atoms with Crippen LogP contribution in [0, 0.1) is 0 Å². The molecule has 0 aromatic heterocycles. The Labute approximate surface area is 121 Å². The first kappa shape index (κ1) is 16.6. The van der Waals surface area contributed by atoms with Crippen LogP contribution in [0.4, 0.5) is 5.69 Å². The van der Waals surface area contributed by atoms with Crippen LogP contribution in [0.2, 0.25) is 0 Å². The minimum Gasteiger partial charge on any atom is -0.481 e. The molecule has 0 radical (unpaired) electrons. The van der Waals surface area contributed by atoms with Gasteiger partial charge in [-0.15, -0.1) is 0 Å². The third kappa shape index (κ3) is 4.28. The number of amides is 1. The minimum atomic E-state index is -1.16. The van der Waals surface area contributed by atoms with Gasteiger partial charge in [0.2, 0.25) is 5.91 Å². The highest BCUT2D eigenvalue weighted by Gasteiger charge is 2.29. The van der Waals surface area contributed by atoms with Gasteiger partial charge in [0, 0.05) is 5.69 Å². The first-order chi connectivity index (χ1) is 9.64. The maximum absolute atomic E-state index is 11.6. The number of aliphatic carboxylic acids is 2. The molecule has 0 aliphatic carbocycles. The smallest absolute Gasteiger partial charge is 0.313 e. The van der Waals surface area contributed by atoms with Crippen molar-refractivity contribution in [1.29, 1.82) is 0 Å². The summed E-state index contributed by atoms with van der Waals surface area (Å²) >= 11 is 0. The van der Waals surface area contributed by atoms with Gasteiger partial charge < -0.3 is 21.3 Å². The molecule has 1 aromatic carbocycles. The molecule has 0 bridgehead atoms. The normalized spacial score (nSPS) is 12.5. The van der Waals surface area contributed by atoms with Crippen molar-refractivity contribution in [3.63, 3.8) is 0 Å². The van der Waals surface area contributed by atoms with Crippen molar-refractivity contribution < 1.29 is 24.6 Å². The molecule has 1 atom stereocenters. The van der Waals surface area contributed by atoms with E-state index in [4.69, 9.17) is 15.9 Å². The Hall–Kier alpha value is -2.41. The van der Waals surface area contributed by atoms with E-state index >= 15 is 0 Å². The van der Waals surface area contributed by atoms with E-state index in [0.29, 0.717) is 11.3 Å². The van der Waals surface area contributed by atoms with Crippen LogP contribution < -0.4 is 11.1 Å². The second kappa shape index (κ2) is 6.36. The summed E-state index contributed by atoms with van der Waals surface area (Å²) in [5.74, 6) is -2.72. The third-order valence-corrected chi connectivity index (χ3v) is 3.14. The molecule has 0 heterocycles. The summed E-state index contributed by atoms with van der Waals surface area (Å²) in [7, 11) is 0. The van der Waals surface area contributed by atoms with Crippen LogP contribution in [-0.4, -0.2) is 34.1 Å². The van der Waals surface area contributed by atoms with Crippen molar-refractivity contribution in [2.75, 3.05) is 5.32 Å². The molecule has 0 saturated heterocycles. The van der Waals surface area contributed by atoms with Crippen LogP contribution in [0.5, 0.6) is 0 Å². The minimum absolute atomic E-state index is 0.422. The van der Waals surface area contributed by atoms with E-state index in [1.807, 2.05) is 0 Å². The molecule has 1 unspecified atom stereocenters. The summed E-state index contributed by atoms with van der Waals surface area (Å²) in [6, 6.07) is 5.13. The molecule has 0 saturated carbocycles. The highest BCUT2D eigenvalue weighted by molar-refractivity contribution is 5.96. The third-order valence-electron chi connectivity index (χ3n) is 3.14. The molecule has 0 spiro atoms. The molecule has 1 aromatic rings. The fourth-order valence-corrected chi connectivity index (χ4v) is 1.61. The summed E-state index contributed by atoms with van der Waals surface area (Å²) in [6.07, 6.45) is -0.462. The molecule has 0 fully saturated rings. The Morgan fingerprint density at radius 2 is 1.71 bits per heavy atom. The summed E-state index contributed by atoms with van der Waals surface area (Å²) in [6.45, 7) is 3.15. The zero-order valence-corrected chi connectivity index (χ0v) is 11.8. The molecule has 0 aliphatic rings. The predicted octanol–water partition coefficient (Wildman–Crippen LogP) is 0.789. The van der Waals surface area contributed by atoms with Gasteiger partial charge in [0.1, 0.15) is 0 Å². The van der Waals surface area contributed by atoms with Gasteiger partial charge in [-0.25, -0.2) is 0 Å². The lowest BCUT2D eigenvalue weighted by Crippen LogP contribution is -2.37. The Kier molecular flexibility index (Phi) is 5.04.